The fourth-order valence-corrected chi connectivity index (χ4v) is 5.82. The van der Waals surface area contributed by atoms with E-state index < -0.39 is 0 Å². The van der Waals surface area contributed by atoms with Crippen LogP contribution in [0.3, 0.4) is 0 Å². The van der Waals surface area contributed by atoms with Gasteiger partial charge in [0.1, 0.15) is 0 Å². The van der Waals surface area contributed by atoms with Gasteiger partial charge in [0.25, 0.3) is 0 Å². The Labute approximate surface area is 156 Å². The van der Waals surface area contributed by atoms with Crippen molar-refractivity contribution in [2.45, 2.75) is 84.5 Å². The summed E-state index contributed by atoms with van der Waals surface area (Å²) < 4.78 is 0. The van der Waals surface area contributed by atoms with Gasteiger partial charge in [-0.3, -0.25) is 9.80 Å². The Bertz CT molecular complexity index is 424. The average molecular weight is 351 g/mol. The van der Waals surface area contributed by atoms with Gasteiger partial charge in [-0.05, 0) is 84.3 Å². The first-order valence-corrected chi connectivity index (χ1v) is 10.9. The second-order valence-corrected chi connectivity index (χ2v) is 9.70. The predicted octanol–water partition coefficient (Wildman–Crippen LogP) is 2.55. The van der Waals surface area contributed by atoms with Crippen LogP contribution in [-0.4, -0.2) is 73.2 Å². The molecule has 4 nitrogen and oxygen atoms in total. The van der Waals surface area contributed by atoms with Crippen molar-refractivity contribution in [3.8, 4) is 0 Å². The maximum absolute atomic E-state index is 3.55. The molecule has 0 aromatic heterocycles. The first-order valence-electron chi connectivity index (χ1n) is 10.9. The van der Waals surface area contributed by atoms with Gasteiger partial charge in [0, 0.05) is 43.8 Å². The summed E-state index contributed by atoms with van der Waals surface area (Å²) >= 11 is 0. The fraction of sp³-hybridized carbons (Fsp3) is 1.00. The smallest absolute Gasteiger partial charge is 0.0289 e. The number of hydrogen-bond donors (Lipinski definition) is 2. The highest BCUT2D eigenvalue weighted by Gasteiger charge is 2.44. The lowest BCUT2D eigenvalue weighted by atomic mass is 9.76. The van der Waals surface area contributed by atoms with Crippen LogP contribution in [0.15, 0.2) is 0 Å². The van der Waals surface area contributed by atoms with E-state index in [1.54, 1.807) is 0 Å². The van der Waals surface area contributed by atoms with Crippen LogP contribution in [0, 0.1) is 11.3 Å². The highest BCUT2D eigenvalue weighted by molar-refractivity contribution is 5.01. The number of fused-ring (bicyclic) bond motifs is 2. The molecular weight excluding hydrogens is 308 g/mol. The molecular formula is C21H42N4. The molecule has 4 rings (SSSR count). The van der Waals surface area contributed by atoms with E-state index in [1.807, 2.05) is 0 Å². The molecule has 4 fully saturated rings. The van der Waals surface area contributed by atoms with E-state index in [1.165, 1.54) is 65.0 Å². The highest BCUT2D eigenvalue weighted by atomic mass is 15.2. The summed E-state index contributed by atoms with van der Waals surface area (Å²) in [5.74, 6) is 0.946. The number of piperidine rings is 2. The molecule has 0 spiro atoms. The molecule has 4 heterocycles. The van der Waals surface area contributed by atoms with Crippen LogP contribution in [0.2, 0.25) is 0 Å². The van der Waals surface area contributed by atoms with Crippen molar-refractivity contribution < 1.29 is 0 Å². The maximum Gasteiger partial charge on any atom is 0.0289 e. The molecule has 4 aliphatic rings. The number of nitrogens with zero attached hydrogens (tertiary/aromatic N) is 2. The molecule has 2 N–H and O–H groups in total. The van der Waals surface area contributed by atoms with Crippen molar-refractivity contribution in [2.75, 3.05) is 39.3 Å². The quantitative estimate of drug-likeness (QED) is 0.801. The Morgan fingerprint density at radius 2 is 1.60 bits per heavy atom. The summed E-state index contributed by atoms with van der Waals surface area (Å²) in [6.45, 7) is 19.3. The Morgan fingerprint density at radius 3 is 2.32 bits per heavy atom. The molecule has 4 atom stereocenters. The minimum atomic E-state index is 0.558. The second kappa shape index (κ2) is 8.24. The van der Waals surface area contributed by atoms with Crippen LogP contribution in [0.1, 0.15) is 60.3 Å². The number of likely N-dealkylation sites (tertiary alicyclic amines) is 2. The highest BCUT2D eigenvalue weighted by Crippen LogP contribution is 2.38. The van der Waals surface area contributed by atoms with Gasteiger partial charge < -0.3 is 10.6 Å². The van der Waals surface area contributed by atoms with Crippen molar-refractivity contribution in [1.82, 2.24) is 20.4 Å². The van der Waals surface area contributed by atoms with Crippen LogP contribution in [0.5, 0.6) is 0 Å². The lowest BCUT2D eigenvalue weighted by Gasteiger charge is -2.45. The van der Waals surface area contributed by atoms with Crippen LogP contribution >= 0.6 is 0 Å². The first-order chi connectivity index (χ1) is 11.9. The standard InChI is InChI=1S/C11H22N2.C10H20N2/c1-9(2)13-6-4-5-11(3)8-12-7-10(11)13;1-8(2)12-5-3-4-9-6-11-7-10(9)12/h9-10,12H,4-8H2,1-3H3;8-11H,3-7H2,1-2H3/t10-,11+;9-,10+/m00/s1. The van der Waals surface area contributed by atoms with Crippen molar-refractivity contribution in [2.24, 2.45) is 11.3 Å². The van der Waals surface area contributed by atoms with Crippen molar-refractivity contribution in [1.29, 1.82) is 0 Å². The lowest BCUT2D eigenvalue weighted by molar-refractivity contribution is 0.0393. The van der Waals surface area contributed by atoms with Gasteiger partial charge >= 0.3 is 0 Å². The zero-order valence-corrected chi connectivity index (χ0v) is 17.4. The third-order valence-corrected chi connectivity index (χ3v) is 7.28. The van der Waals surface area contributed by atoms with Gasteiger partial charge in [-0.15, -0.1) is 0 Å². The zero-order chi connectivity index (χ0) is 18.0. The van der Waals surface area contributed by atoms with E-state index in [0.717, 1.165) is 24.0 Å². The summed E-state index contributed by atoms with van der Waals surface area (Å²) in [6, 6.07) is 3.09. The fourth-order valence-electron chi connectivity index (χ4n) is 5.82. The predicted molar refractivity (Wildman–Crippen MR) is 107 cm³/mol. The van der Waals surface area contributed by atoms with E-state index in [4.69, 9.17) is 0 Å². The Balaban J connectivity index is 0.000000146. The molecule has 0 aromatic carbocycles. The Kier molecular flexibility index (Phi) is 6.46. The third-order valence-electron chi connectivity index (χ3n) is 7.28. The first kappa shape index (κ1) is 19.6. The zero-order valence-electron chi connectivity index (χ0n) is 17.4. The molecule has 0 unspecified atom stereocenters. The minimum Gasteiger partial charge on any atom is -0.315 e. The molecule has 146 valence electrons. The Morgan fingerprint density at radius 1 is 0.880 bits per heavy atom. The minimum absolute atomic E-state index is 0.558. The van der Waals surface area contributed by atoms with Crippen molar-refractivity contribution in [3.63, 3.8) is 0 Å². The maximum atomic E-state index is 3.55. The normalized spacial score (nSPS) is 39.2. The van der Waals surface area contributed by atoms with Crippen LogP contribution in [0.4, 0.5) is 0 Å². The SMILES string of the molecule is CC(C)N1CCC[C@H]2CNC[C@H]21.CC(C)N1CCC[C@]2(C)CNC[C@H]12. The van der Waals surface area contributed by atoms with E-state index in [0.29, 0.717) is 11.5 Å². The molecule has 4 saturated heterocycles. The largest absolute Gasteiger partial charge is 0.315 e. The molecule has 0 amide bonds. The molecule has 0 aromatic rings. The summed E-state index contributed by atoms with van der Waals surface area (Å²) in [5.41, 5.74) is 0.558. The van der Waals surface area contributed by atoms with Gasteiger partial charge in [0.05, 0.1) is 0 Å². The molecule has 0 bridgehead atoms. The van der Waals surface area contributed by atoms with Crippen molar-refractivity contribution in [3.05, 3.63) is 0 Å². The van der Waals surface area contributed by atoms with Crippen molar-refractivity contribution >= 4 is 0 Å². The Hall–Kier alpha value is -0.160. The van der Waals surface area contributed by atoms with Crippen LogP contribution in [0.25, 0.3) is 0 Å². The molecule has 4 aliphatic heterocycles. The number of hydrogen-bond acceptors (Lipinski definition) is 4. The van der Waals surface area contributed by atoms with Gasteiger partial charge in [0.15, 0.2) is 0 Å². The van der Waals surface area contributed by atoms with E-state index in [9.17, 15) is 0 Å². The molecule has 25 heavy (non-hydrogen) atoms. The average Bonchev–Trinajstić information content (AvgIpc) is 3.19. The summed E-state index contributed by atoms with van der Waals surface area (Å²) in [4.78, 5) is 5.36. The van der Waals surface area contributed by atoms with Crippen LogP contribution < -0.4 is 10.6 Å². The number of rotatable bonds is 2. The molecule has 0 saturated carbocycles. The number of nitrogens with one attached hydrogen (secondary N) is 2. The monoisotopic (exact) mass is 350 g/mol. The summed E-state index contributed by atoms with van der Waals surface area (Å²) in [6.07, 6.45) is 5.64. The van der Waals surface area contributed by atoms with Gasteiger partial charge in [-0.1, -0.05) is 6.92 Å². The lowest BCUT2D eigenvalue weighted by Crippen LogP contribution is -2.53. The molecule has 0 radical (unpaired) electrons. The van der Waals surface area contributed by atoms with Gasteiger partial charge in [-0.25, -0.2) is 0 Å². The van der Waals surface area contributed by atoms with E-state index in [-0.39, 0.29) is 0 Å². The van der Waals surface area contributed by atoms with Gasteiger partial charge in [-0.2, -0.15) is 0 Å². The molecule has 4 heteroatoms. The van der Waals surface area contributed by atoms with E-state index in [2.05, 4.69) is 55.1 Å². The summed E-state index contributed by atoms with van der Waals surface area (Å²) in [7, 11) is 0. The topological polar surface area (TPSA) is 30.5 Å². The van der Waals surface area contributed by atoms with Gasteiger partial charge in [0.2, 0.25) is 0 Å². The third kappa shape index (κ3) is 4.23. The molecule has 0 aliphatic carbocycles. The van der Waals surface area contributed by atoms with Crippen LogP contribution in [-0.2, 0) is 0 Å². The van der Waals surface area contributed by atoms with E-state index >= 15 is 0 Å². The second-order valence-electron chi connectivity index (χ2n) is 9.70. The summed E-state index contributed by atoms with van der Waals surface area (Å²) in [5, 5.41) is 7.06.